The number of hydrogen-bond acceptors (Lipinski definition) is 4. The minimum atomic E-state index is -1.02. The van der Waals surface area contributed by atoms with Crippen LogP contribution in [0.5, 0.6) is 5.75 Å². The lowest BCUT2D eigenvalue weighted by Crippen LogP contribution is -2.55. The molecule has 1 atom stereocenters. The Bertz CT molecular complexity index is 496. The summed E-state index contributed by atoms with van der Waals surface area (Å²) in [4.78, 5) is 12.1. The SMILES string of the molecule is CCOC(=O)C(N)(COc1cc(C)ccc1C)C1CC1. The summed E-state index contributed by atoms with van der Waals surface area (Å²) in [5.74, 6) is 0.601. The molecule has 1 saturated carbocycles. The first-order valence-electron chi connectivity index (χ1n) is 7.13. The molecule has 2 rings (SSSR count). The quantitative estimate of drug-likeness (QED) is 0.811. The normalized spacial score (nSPS) is 17.4. The number of carbonyl (C=O) groups is 1. The fourth-order valence-corrected chi connectivity index (χ4v) is 2.27. The summed E-state index contributed by atoms with van der Waals surface area (Å²) >= 11 is 0. The summed E-state index contributed by atoms with van der Waals surface area (Å²) < 4.78 is 10.9. The van der Waals surface area contributed by atoms with Crippen LogP contribution in [0.25, 0.3) is 0 Å². The van der Waals surface area contributed by atoms with Crippen LogP contribution in [0.1, 0.15) is 30.9 Å². The van der Waals surface area contributed by atoms with Gasteiger partial charge in [-0.25, -0.2) is 4.79 Å². The smallest absolute Gasteiger partial charge is 0.329 e. The van der Waals surface area contributed by atoms with Gasteiger partial charge >= 0.3 is 5.97 Å². The molecule has 110 valence electrons. The predicted octanol–water partition coefficient (Wildman–Crippen LogP) is 2.35. The van der Waals surface area contributed by atoms with Crippen molar-refractivity contribution in [3.8, 4) is 5.75 Å². The molecule has 0 bridgehead atoms. The van der Waals surface area contributed by atoms with Gasteiger partial charge in [0.15, 0.2) is 5.54 Å². The molecule has 0 saturated heterocycles. The molecule has 1 unspecified atom stereocenters. The van der Waals surface area contributed by atoms with Gasteiger partial charge < -0.3 is 15.2 Å². The summed E-state index contributed by atoms with van der Waals surface area (Å²) in [5.41, 5.74) is 7.41. The van der Waals surface area contributed by atoms with E-state index in [4.69, 9.17) is 15.2 Å². The monoisotopic (exact) mass is 277 g/mol. The molecule has 0 amide bonds. The van der Waals surface area contributed by atoms with Crippen molar-refractivity contribution >= 4 is 5.97 Å². The first-order chi connectivity index (χ1) is 9.47. The predicted molar refractivity (Wildman–Crippen MR) is 77.7 cm³/mol. The van der Waals surface area contributed by atoms with Gasteiger partial charge in [0.2, 0.25) is 0 Å². The molecule has 1 aliphatic rings. The van der Waals surface area contributed by atoms with Crippen LogP contribution in [-0.2, 0) is 9.53 Å². The lowest BCUT2D eigenvalue weighted by Gasteiger charge is -2.27. The Hall–Kier alpha value is -1.55. The average Bonchev–Trinajstić information content (AvgIpc) is 3.24. The van der Waals surface area contributed by atoms with E-state index in [0.717, 1.165) is 29.7 Å². The minimum absolute atomic E-state index is 0.167. The van der Waals surface area contributed by atoms with Crippen molar-refractivity contribution in [2.75, 3.05) is 13.2 Å². The second kappa shape index (κ2) is 5.83. The molecule has 0 radical (unpaired) electrons. The van der Waals surface area contributed by atoms with Crippen molar-refractivity contribution < 1.29 is 14.3 Å². The lowest BCUT2D eigenvalue weighted by atomic mass is 9.96. The van der Waals surface area contributed by atoms with E-state index in [9.17, 15) is 4.79 Å². The van der Waals surface area contributed by atoms with E-state index >= 15 is 0 Å². The highest BCUT2D eigenvalue weighted by Gasteiger charge is 2.50. The largest absolute Gasteiger partial charge is 0.491 e. The maximum Gasteiger partial charge on any atom is 0.329 e. The van der Waals surface area contributed by atoms with Crippen LogP contribution < -0.4 is 10.5 Å². The average molecular weight is 277 g/mol. The van der Waals surface area contributed by atoms with Gasteiger partial charge in [-0.1, -0.05) is 12.1 Å². The van der Waals surface area contributed by atoms with E-state index in [1.807, 2.05) is 32.0 Å². The van der Waals surface area contributed by atoms with E-state index in [-0.39, 0.29) is 18.5 Å². The molecule has 1 fully saturated rings. The van der Waals surface area contributed by atoms with E-state index in [1.54, 1.807) is 6.92 Å². The van der Waals surface area contributed by atoms with Gasteiger partial charge in [-0.2, -0.15) is 0 Å². The summed E-state index contributed by atoms with van der Waals surface area (Å²) in [6.45, 7) is 6.29. The van der Waals surface area contributed by atoms with E-state index in [1.165, 1.54) is 0 Å². The van der Waals surface area contributed by atoms with Crippen molar-refractivity contribution in [2.45, 2.75) is 39.2 Å². The molecular formula is C16H23NO3. The van der Waals surface area contributed by atoms with Gasteiger partial charge in [0, 0.05) is 0 Å². The summed E-state index contributed by atoms with van der Waals surface area (Å²) in [6, 6.07) is 6.00. The van der Waals surface area contributed by atoms with Crippen molar-refractivity contribution in [3.05, 3.63) is 29.3 Å². The van der Waals surface area contributed by atoms with Crippen LogP contribution in [0, 0.1) is 19.8 Å². The number of rotatable bonds is 6. The highest BCUT2D eigenvalue weighted by Crippen LogP contribution is 2.39. The van der Waals surface area contributed by atoms with Crippen LogP contribution in [0.15, 0.2) is 18.2 Å². The van der Waals surface area contributed by atoms with Crippen LogP contribution in [0.3, 0.4) is 0 Å². The van der Waals surface area contributed by atoms with Gasteiger partial charge in [0.05, 0.1) is 6.61 Å². The molecule has 0 aromatic heterocycles. The molecular weight excluding hydrogens is 254 g/mol. The Labute approximate surface area is 120 Å². The van der Waals surface area contributed by atoms with Crippen molar-refractivity contribution in [1.29, 1.82) is 0 Å². The maximum absolute atomic E-state index is 12.1. The molecule has 1 aromatic carbocycles. The lowest BCUT2D eigenvalue weighted by molar-refractivity contribution is -0.152. The molecule has 0 spiro atoms. The van der Waals surface area contributed by atoms with Crippen molar-refractivity contribution in [1.82, 2.24) is 0 Å². The molecule has 1 aromatic rings. The zero-order chi connectivity index (χ0) is 14.8. The van der Waals surface area contributed by atoms with Gasteiger partial charge in [-0.15, -0.1) is 0 Å². The summed E-state index contributed by atoms with van der Waals surface area (Å²) in [5, 5.41) is 0. The fourth-order valence-electron chi connectivity index (χ4n) is 2.27. The Morgan fingerprint density at radius 3 is 2.70 bits per heavy atom. The number of aryl methyl sites for hydroxylation is 2. The van der Waals surface area contributed by atoms with E-state index in [2.05, 4.69) is 0 Å². The number of benzene rings is 1. The van der Waals surface area contributed by atoms with Gasteiger partial charge in [0.25, 0.3) is 0 Å². The topological polar surface area (TPSA) is 61.5 Å². The van der Waals surface area contributed by atoms with Crippen LogP contribution >= 0.6 is 0 Å². The van der Waals surface area contributed by atoms with Crippen LogP contribution in [-0.4, -0.2) is 24.7 Å². The third-order valence-corrected chi connectivity index (χ3v) is 3.77. The maximum atomic E-state index is 12.1. The number of ether oxygens (including phenoxy) is 2. The molecule has 0 aliphatic heterocycles. The van der Waals surface area contributed by atoms with Crippen molar-refractivity contribution in [2.24, 2.45) is 11.7 Å². The highest BCUT2D eigenvalue weighted by molar-refractivity contribution is 5.81. The molecule has 2 N–H and O–H groups in total. The fraction of sp³-hybridized carbons (Fsp3) is 0.562. The van der Waals surface area contributed by atoms with E-state index < -0.39 is 5.54 Å². The molecule has 4 heteroatoms. The molecule has 1 aliphatic carbocycles. The standard InChI is InChI=1S/C16H23NO3/c1-4-19-15(18)16(17,13-7-8-13)10-20-14-9-11(2)5-6-12(14)3/h5-6,9,13H,4,7-8,10,17H2,1-3H3. The number of carbonyl (C=O) groups excluding carboxylic acids is 1. The first-order valence-corrected chi connectivity index (χ1v) is 7.13. The third-order valence-electron chi connectivity index (χ3n) is 3.77. The zero-order valence-corrected chi connectivity index (χ0v) is 12.4. The highest BCUT2D eigenvalue weighted by atomic mass is 16.5. The number of esters is 1. The Kier molecular flexibility index (Phi) is 4.33. The number of nitrogens with two attached hydrogens (primary N) is 1. The summed E-state index contributed by atoms with van der Waals surface area (Å²) in [6.07, 6.45) is 1.93. The van der Waals surface area contributed by atoms with E-state index in [0.29, 0.717) is 6.61 Å². The second-order valence-electron chi connectivity index (χ2n) is 5.59. The number of hydrogen-bond donors (Lipinski definition) is 1. The second-order valence-corrected chi connectivity index (χ2v) is 5.59. The summed E-state index contributed by atoms with van der Waals surface area (Å²) in [7, 11) is 0. The van der Waals surface area contributed by atoms with Crippen molar-refractivity contribution in [3.63, 3.8) is 0 Å². The molecule has 0 heterocycles. The van der Waals surface area contributed by atoms with Gasteiger partial charge in [-0.05, 0) is 56.7 Å². The first kappa shape index (κ1) is 14.9. The zero-order valence-electron chi connectivity index (χ0n) is 12.4. The molecule has 20 heavy (non-hydrogen) atoms. The van der Waals surface area contributed by atoms with Crippen LogP contribution in [0.2, 0.25) is 0 Å². The van der Waals surface area contributed by atoms with Gasteiger partial charge in [0.1, 0.15) is 12.4 Å². The Morgan fingerprint density at radius 1 is 1.40 bits per heavy atom. The Balaban J connectivity index is 2.09. The van der Waals surface area contributed by atoms with Gasteiger partial charge in [-0.3, -0.25) is 0 Å². The molecule has 4 nitrogen and oxygen atoms in total. The van der Waals surface area contributed by atoms with Crippen LogP contribution in [0.4, 0.5) is 0 Å². The third kappa shape index (κ3) is 3.12. The minimum Gasteiger partial charge on any atom is -0.491 e. The Morgan fingerprint density at radius 2 is 2.10 bits per heavy atom.